The van der Waals surface area contributed by atoms with Crippen molar-refractivity contribution >= 4 is 17.4 Å². The van der Waals surface area contributed by atoms with Crippen molar-refractivity contribution in [1.29, 1.82) is 0 Å². The van der Waals surface area contributed by atoms with Gasteiger partial charge in [0.2, 0.25) is 0 Å². The second kappa shape index (κ2) is 4.45. The van der Waals surface area contributed by atoms with Crippen LogP contribution in [0.25, 0.3) is 0 Å². The molecule has 0 radical (unpaired) electrons. The molecule has 1 atom stereocenters. The van der Waals surface area contributed by atoms with Crippen LogP contribution < -0.4 is 0 Å². The topological polar surface area (TPSA) is 17.1 Å². The summed E-state index contributed by atoms with van der Waals surface area (Å²) in [5.41, 5.74) is -0.398. The fraction of sp³-hybridized carbons (Fsp3) is 0.364. The molecule has 1 aromatic rings. The molecule has 0 aliphatic heterocycles. The van der Waals surface area contributed by atoms with E-state index in [0.717, 1.165) is 6.07 Å². The van der Waals surface area contributed by atoms with Crippen LogP contribution in [0.1, 0.15) is 29.0 Å². The fourth-order valence-electron chi connectivity index (χ4n) is 1.37. The van der Waals surface area contributed by atoms with E-state index in [1.54, 1.807) is 6.92 Å². The Morgan fingerprint density at radius 2 is 1.94 bits per heavy atom. The summed E-state index contributed by atoms with van der Waals surface area (Å²) in [6, 6.07) is 3.58. The maximum absolute atomic E-state index is 12.6. The van der Waals surface area contributed by atoms with Crippen LogP contribution in [0.4, 0.5) is 13.2 Å². The average Bonchev–Trinajstić information content (AvgIpc) is 2.14. The third kappa shape index (κ3) is 2.76. The Balaban J connectivity index is 3.35. The Kier molecular flexibility index (Phi) is 3.63. The van der Waals surface area contributed by atoms with Crippen molar-refractivity contribution in [3.63, 3.8) is 0 Å². The molecular formula is C11H10ClF3O. The summed E-state index contributed by atoms with van der Waals surface area (Å²) in [6.45, 7) is 2.81. The molecule has 1 unspecified atom stereocenters. The minimum Gasteiger partial charge on any atom is -0.298 e. The van der Waals surface area contributed by atoms with Crippen molar-refractivity contribution < 1.29 is 18.0 Å². The zero-order chi connectivity index (χ0) is 12.5. The number of ketones is 1. The third-order valence-corrected chi connectivity index (χ3v) is 2.68. The van der Waals surface area contributed by atoms with Crippen molar-refractivity contribution in [2.24, 2.45) is 0 Å². The molecular weight excluding hydrogens is 241 g/mol. The molecule has 16 heavy (non-hydrogen) atoms. The van der Waals surface area contributed by atoms with E-state index >= 15 is 0 Å². The normalized spacial score (nSPS) is 13.6. The van der Waals surface area contributed by atoms with Crippen LogP contribution in [-0.4, -0.2) is 5.78 Å². The number of carbonyl (C=O) groups excluding carboxylic acids is 1. The highest BCUT2D eigenvalue weighted by Gasteiger charge is 2.35. The number of carbonyl (C=O) groups is 1. The molecule has 1 aromatic carbocycles. The highest BCUT2D eigenvalue weighted by molar-refractivity contribution is 6.30. The largest absolute Gasteiger partial charge is 0.416 e. The van der Waals surface area contributed by atoms with Crippen molar-refractivity contribution in [2.75, 3.05) is 0 Å². The van der Waals surface area contributed by atoms with Gasteiger partial charge in [-0.3, -0.25) is 4.79 Å². The first kappa shape index (κ1) is 13.0. The average molecular weight is 251 g/mol. The van der Waals surface area contributed by atoms with Gasteiger partial charge in [0.05, 0.1) is 5.56 Å². The lowest BCUT2D eigenvalue weighted by atomic mass is 9.99. The lowest BCUT2D eigenvalue weighted by Crippen LogP contribution is -2.13. The summed E-state index contributed by atoms with van der Waals surface area (Å²) in [5, 5.41) is -1.25. The molecule has 1 rings (SSSR count). The van der Waals surface area contributed by atoms with Crippen LogP contribution in [0, 0.1) is 6.92 Å². The van der Waals surface area contributed by atoms with Gasteiger partial charge in [0.1, 0.15) is 5.38 Å². The van der Waals surface area contributed by atoms with Gasteiger partial charge in [0, 0.05) is 0 Å². The second-order valence-electron chi connectivity index (χ2n) is 3.56. The first-order chi connectivity index (χ1) is 7.23. The Morgan fingerprint density at radius 1 is 1.38 bits per heavy atom. The number of benzene rings is 1. The zero-order valence-electron chi connectivity index (χ0n) is 8.73. The van der Waals surface area contributed by atoms with E-state index in [4.69, 9.17) is 11.6 Å². The third-order valence-electron chi connectivity index (χ3n) is 2.14. The van der Waals surface area contributed by atoms with Crippen molar-refractivity contribution in [3.05, 3.63) is 34.9 Å². The standard InChI is InChI=1S/C11H10ClF3O/c1-6-3-4-9(11(13,14)15)8(5-6)10(12)7(2)16/h3-5,10H,1-2H3. The van der Waals surface area contributed by atoms with E-state index < -0.39 is 22.9 Å². The predicted molar refractivity (Wildman–Crippen MR) is 55.5 cm³/mol. The summed E-state index contributed by atoms with van der Waals surface area (Å²) in [5.74, 6) is -0.502. The van der Waals surface area contributed by atoms with Gasteiger partial charge >= 0.3 is 6.18 Å². The highest BCUT2D eigenvalue weighted by atomic mass is 35.5. The van der Waals surface area contributed by atoms with Gasteiger partial charge in [-0.25, -0.2) is 0 Å². The molecule has 0 fully saturated rings. The van der Waals surface area contributed by atoms with Crippen LogP contribution >= 0.6 is 11.6 Å². The van der Waals surface area contributed by atoms with Gasteiger partial charge in [-0.05, 0) is 25.5 Å². The molecule has 0 bridgehead atoms. The highest BCUT2D eigenvalue weighted by Crippen LogP contribution is 2.37. The molecule has 0 spiro atoms. The van der Waals surface area contributed by atoms with Crippen molar-refractivity contribution in [1.82, 2.24) is 0 Å². The molecule has 5 heteroatoms. The van der Waals surface area contributed by atoms with Gasteiger partial charge in [0.15, 0.2) is 5.78 Å². The van der Waals surface area contributed by atoms with Crippen LogP contribution in [-0.2, 0) is 11.0 Å². The Labute approximate surface area is 96.2 Å². The summed E-state index contributed by atoms with van der Waals surface area (Å²) in [4.78, 5) is 11.0. The molecule has 0 saturated carbocycles. The number of halogens is 4. The molecule has 0 heterocycles. The first-order valence-corrected chi connectivity index (χ1v) is 4.99. The van der Waals surface area contributed by atoms with Gasteiger partial charge in [-0.2, -0.15) is 13.2 Å². The number of aryl methyl sites for hydroxylation is 1. The van der Waals surface area contributed by atoms with E-state index in [-0.39, 0.29) is 5.56 Å². The summed E-state index contributed by atoms with van der Waals surface area (Å²) >= 11 is 5.67. The fourth-order valence-corrected chi connectivity index (χ4v) is 1.55. The van der Waals surface area contributed by atoms with E-state index in [0.29, 0.717) is 5.56 Å². The number of rotatable bonds is 2. The second-order valence-corrected chi connectivity index (χ2v) is 4.00. The first-order valence-electron chi connectivity index (χ1n) is 4.55. The maximum Gasteiger partial charge on any atom is 0.416 e. The van der Waals surface area contributed by atoms with E-state index in [2.05, 4.69) is 0 Å². The Hall–Kier alpha value is -1.03. The quantitative estimate of drug-likeness (QED) is 0.728. The smallest absolute Gasteiger partial charge is 0.298 e. The van der Waals surface area contributed by atoms with Gasteiger partial charge in [-0.15, -0.1) is 11.6 Å². The number of hydrogen-bond acceptors (Lipinski definition) is 1. The summed E-state index contributed by atoms with van der Waals surface area (Å²) in [7, 11) is 0. The minimum atomic E-state index is -4.49. The molecule has 0 aliphatic rings. The Morgan fingerprint density at radius 3 is 2.38 bits per heavy atom. The van der Waals surface area contributed by atoms with Crippen molar-refractivity contribution in [2.45, 2.75) is 25.4 Å². The van der Waals surface area contributed by atoms with Gasteiger partial charge in [-0.1, -0.05) is 17.7 Å². The number of alkyl halides is 4. The molecule has 1 nitrogen and oxygen atoms in total. The summed E-state index contributed by atoms with van der Waals surface area (Å²) < 4.78 is 37.9. The molecule has 88 valence electrons. The van der Waals surface area contributed by atoms with Gasteiger partial charge in [0.25, 0.3) is 0 Å². The van der Waals surface area contributed by atoms with E-state index in [1.165, 1.54) is 19.1 Å². The molecule has 0 aliphatic carbocycles. The SMILES string of the molecule is CC(=O)C(Cl)c1cc(C)ccc1C(F)(F)F. The molecule has 0 N–H and O–H groups in total. The maximum atomic E-state index is 12.6. The lowest BCUT2D eigenvalue weighted by molar-refractivity contribution is -0.138. The lowest BCUT2D eigenvalue weighted by Gasteiger charge is -2.15. The molecule has 0 aromatic heterocycles. The minimum absolute atomic E-state index is 0.179. The zero-order valence-corrected chi connectivity index (χ0v) is 9.49. The molecule has 0 amide bonds. The van der Waals surface area contributed by atoms with Crippen molar-refractivity contribution in [3.8, 4) is 0 Å². The monoisotopic (exact) mass is 250 g/mol. The van der Waals surface area contributed by atoms with Crippen LogP contribution in [0.3, 0.4) is 0 Å². The van der Waals surface area contributed by atoms with E-state index in [1.807, 2.05) is 0 Å². The number of Topliss-reactive ketones (excluding diaryl/α,β-unsaturated/α-hetero) is 1. The van der Waals surface area contributed by atoms with Gasteiger partial charge < -0.3 is 0 Å². The van der Waals surface area contributed by atoms with E-state index in [9.17, 15) is 18.0 Å². The predicted octanol–water partition coefficient (Wildman–Crippen LogP) is 3.88. The Bertz CT molecular complexity index is 412. The summed E-state index contributed by atoms with van der Waals surface area (Å²) in [6.07, 6.45) is -4.49. The number of hydrogen-bond donors (Lipinski definition) is 0. The van der Waals surface area contributed by atoms with Crippen LogP contribution in [0.5, 0.6) is 0 Å². The molecule has 0 saturated heterocycles. The van der Waals surface area contributed by atoms with Crippen LogP contribution in [0.15, 0.2) is 18.2 Å². The van der Waals surface area contributed by atoms with Crippen LogP contribution in [0.2, 0.25) is 0 Å².